The highest BCUT2D eigenvalue weighted by molar-refractivity contribution is 5.67. The summed E-state index contributed by atoms with van der Waals surface area (Å²) in [6, 6.07) is 17.0. The van der Waals surface area contributed by atoms with Crippen LogP contribution in [0.5, 0.6) is 0 Å². The van der Waals surface area contributed by atoms with E-state index in [0.29, 0.717) is 22.3 Å². The van der Waals surface area contributed by atoms with Crippen molar-refractivity contribution in [2.45, 2.75) is 0 Å². The minimum Gasteiger partial charge on any atom is -0.267 e. The molecule has 0 atom stereocenters. The summed E-state index contributed by atoms with van der Waals surface area (Å²) >= 11 is 0. The number of aromatic nitrogens is 2. The molecule has 0 saturated heterocycles. The van der Waals surface area contributed by atoms with E-state index in [2.05, 4.69) is 9.97 Å². The van der Waals surface area contributed by atoms with Gasteiger partial charge >= 0.3 is 0 Å². The second-order valence-corrected chi connectivity index (χ2v) is 5.66. The lowest BCUT2D eigenvalue weighted by molar-refractivity contribution is 1.23. The molecule has 6 nitrogen and oxygen atoms in total. The SMILES string of the molecule is N#Cc1ccc(-c2nc(=O)c3c(-c4ccc(C#N)cc4)nc(=O)c2=3)cc1. The van der Waals surface area contributed by atoms with Crippen LogP contribution in [0.4, 0.5) is 0 Å². The van der Waals surface area contributed by atoms with Crippen molar-refractivity contribution >= 4 is 0 Å². The molecule has 0 amide bonds. The van der Waals surface area contributed by atoms with Crippen molar-refractivity contribution in [1.82, 2.24) is 9.97 Å². The van der Waals surface area contributed by atoms with Crippen LogP contribution in [0, 0.1) is 33.1 Å². The Kier molecular flexibility index (Phi) is 3.39. The van der Waals surface area contributed by atoms with Crippen molar-refractivity contribution in [1.29, 1.82) is 10.5 Å². The van der Waals surface area contributed by atoms with E-state index in [1.54, 1.807) is 48.5 Å². The topological polar surface area (TPSA) is 108 Å². The summed E-state index contributed by atoms with van der Waals surface area (Å²) in [4.78, 5) is 32.9. The van der Waals surface area contributed by atoms with Gasteiger partial charge in [0.15, 0.2) is 0 Å². The Morgan fingerprint density at radius 2 is 0.962 bits per heavy atom. The second kappa shape index (κ2) is 5.73. The molecule has 0 N–H and O–H groups in total. The quantitative estimate of drug-likeness (QED) is 0.553. The third-order valence-corrected chi connectivity index (χ3v) is 4.15. The van der Waals surface area contributed by atoms with Gasteiger partial charge in [-0.25, -0.2) is 9.97 Å². The molecule has 0 saturated carbocycles. The van der Waals surface area contributed by atoms with Crippen LogP contribution in [0.1, 0.15) is 11.1 Å². The molecular formula is C20H8N4O2. The average Bonchev–Trinajstić information content (AvgIpc) is 3.21. The summed E-state index contributed by atoms with van der Waals surface area (Å²) < 4.78 is 0. The highest BCUT2D eigenvalue weighted by Gasteiger charge is 2.19. The molecule has 26 heavy (non-hydrogen) atoms. The number of nitriles is 2. The van der Waals surface area contributed by atoms with Crippen molar-refractivity contribution in [3.8, 4) is 34.7 Å². The van der Waals surface area contributed by atoms with Crippen LogP contribution >= 0.6 is 0 Å². The van der Waals surface area contributed by atoms with Gasteiger partial charge in [-0.3, -0.25) is 9.59 Å². The van der Waals surface area contributed by atoms with E-state index < -0.39 is 11.1 Å². The van der Waals surface area contributed by atoms with Gasteiger partial charge in [0.25, 0.3) is 11.1 Å². The predicted molar refractivity (Wildman–Crippen MR) is 92.5 cm³/mol. The smallest absolute Gasteiger partial charge is 0.267 e. The lowest BCUT2D eigenvalue weighted by Gasteiger charge is -1.96. The van der Waals surface area contributed by atoms with Crippen LogP contribution < -0.4 is 11.1 Å². The van der Waals surface area contributed by atoms with Crippen LogP contribution in [0.3, 0.4) is 0 Å². The molecule has 0 unspecified atom stereocenters. The Bertz CT molecular complexity index is 1260. The molecule has 2 aliphatic rings. The van der Waals surface area contributed by atoms with Gasteiger partial charge in [-0.15, -0.1) is 0 Å². The molecule has 120 valence electrons. The maximum atomic E-state index is 12.4. The van der Waals surface area contributed by atoms with E-state index >= 15 is 0 Å². The van der Waals surface area contributed by atoms with Crippen LogP contribution in [0.25, 0.3) is 22.5 Å². The normalized spacial score (nSPS) is 10.5. The van der Waals surface area contributed by atoms with E-state index in [0.717, 1.165) is 0 Å². The van der Waals surface area contributed by atoms with Crippen LogP contribution in [0.2, 0.25) is 0 Å². The first-order valence-electron chi connectivity index (χ1n) is 7.64. The third-order valence-electron chi connectivity index (χ3n) is 4.15. The summed E-state index contributed by atoms with van der Waals surface area (Å²) in [7, 11) is 0. The summed E-state index contributed by atoms with van der Waals surface area (Å²) in [5.74, 6) is 0. The van der Waals surface area contributed by atoms with Crippen LogP contribution in [-0.4, -0.2) is 9.97 Å². The molecular weight excluding hydrogens is 328 g/mol. The highest BCUT2D eigenvalue weighted by Crippen LogP contribution is 2.23. The molecule has 6 heteroatoms. The molecule has 2 aromatic carbocycles. The minimum absolute atomic E-state index is 0.180. The Hall–Kier alpha value is -4.16. The number of benzene rings is 2. The van der Waals surface area contributed by atoms with Gasteiger partial charge < -0.3 is 0 Å². The van der Waals surface area contributed by atoms with Gasteiger partial charge in [0.05, 0.1) is 45.1 Å². The second-order valence-electron chi connectivity index (χ2n) is 5.66. The molecule has 2 heterocycles. The molecule has 2 aromatic rings. The van der Waals surface area contributed by atoms with E-state index in [1.165, 1.54) is 0 Å². The predicted octanol–water partition coefficient (Wildman–Crippen LogP) is 1.87. The molecule has 2 aliphatic heterocycles. The van der Waals surface area contributed by atoms with Gasteiger partial charge in [0, 0.05) is 11.1 Å². The van der Waals surface area contributed by atoms with E-state index in [4.69, 9.17) is 10.5 Å². The summed E-state index contributed by atoms with van der Waals surface area (Å²) in [5.41, 5.74) is 1.60. The standard InChI is InChI=1S/C20H8N4O2/c21-9-11-1-5-13(6-2-11)17-15-16(20(26)23-17)18(24-19(15)25)14-7-3-12(10-22)4-8-14/h1-8H. The van der Waals surface area contributed by atoms with Gasteiger partial charge in [0.2, 0.25) is 0 Å². The summed E-state index contributed by atoms with van der Waals surface area (Å²) in [5, 5.41) is 18.1. The van der Waals surface area contributed by atoms with E-state index in [1.807, 2.05) is 12.1 Å². The maximum absolute atomic E-state index is 12.4. The van der Waals surface area contributed by atoms with E-state index in [-0.39, 0.29) is 21.8 Å². The van der Waals surface area contributed by atoms with Crippen molar-refractivity contribution in [3.05, 3.63) is 90.8 Å². The molecule has 0 aliphatic carbocycles. The zero-order valence-corrected chi connectivity index (χ0v) is 13.2. The van der Waals surface area contributed by atoms with Gasteiger partial charge in [-0.05, 0) is 24.3 Å². The molecule has 0 spiro atoms. The zero-order valence-electron chi connectivity index (χ0n) is 13.2. The molecule has 0 aromatic heterocycles. The first-order valence-corrected chi connectivity index (χ1v) is 7.64. The number of rotatable bonds is 2. The van der Waals surface area contributed by atoms with Crippen LogP contribution in [-0.2, 0) is 0 Å². The van der Waals surface area contributed by atoms with Crippen molar-refractivity contribution in [3.63, 3.8) is 0 Å². The molecule has 0 fully saturated rings. The summed E-state index contributed by atoms with van der Waals surface area (Å²) in [6.07, 6.45) is 0. The molecule has 0 bridgehead atoms. The maximum Gasteiger partial charge on any atom is 0.280 e. The largest absolute Gasteiger partial charge is 0.280 e. The fraction of sp³-hybridized carbons (Fsp3) is 0. The Morgan fingerprint density at radius 1 is 0.615 bits per heavy atom. The highest BCUT2D eigenvalue weighted by atomic mass is 16.1. The van der Waals surface area contributed by atoms with Crippen molar-refractivity contribution in [2.75, 3.05) is 0 Å². The Balaban J connectivity index is 1.98. The van der Waals surface area contributed by atoms with Gasteiger partial charge in [-0.2, -0.15) is 10.5 Å². The zero-order chi connectivity index (χ0) is 18.3. The molecule has 4 rings (SSSR count). The minimum atomic E-state index is -0.520. The average molecular weight is 336 g/mol. The van der Waals surface area contributed by atoms with Gasteiger partial charge in [-0.1, -0.05) is 24.3 Å². The summed E-state index contributed by atoms with van der Waals surface area (Å²) in [6.45, 7) is 0. The monoisotopic (exact) mass is 336 g/mol. The lowest BCUT2D eigenvalue weighted by Crippen LogP contribution is -2.04. The van der Waals surface area contributed by atoms with Crippen molar-refractivity contribution < 1.29 is 0 Å². The van der Waals surface area contributed by atoms with Crippen molar-refractivity contribution in [2.24, 2.45) is 0 Å². The number of hydrogen-bond donors (Lipinski definition) is 0. The van der Waals surface area contributed by atoms with Crippen LogP contribution in [0.15, 0.2) is 58.1 Å². The third kappa shape index (κ3) is 2.26. The molecule has 0 radical (unpaired) electrons. The first-order chi connectivity index (χ1) is 12.6. The fourth-order valence-electron chi connectivity index (χ4n) is 2.90. The fourth-order valence-corrected chi connectivity index (χ4v) is 2.90. The number of nitrogens with zero attached hydrogens (tertiary/aromatic N) is 4. The Labute approximate surface area is 146 Å². The Morgan fingerprint density at radius 3 is 1.27 bits per heavy atom. The van der Waals surface area contributed by atoms with Gasteiger partial charge in [0.1, 0.15) is 0 Å². The number of hydrogen-bond acceptors (Lipinski definition) is 6. The first kappa shape index (κ1) is 15.4. The lowest BCUT2D eigenvalue weighted by atomic mass is 10.1. The van der Waals surface area contributed by atoms with E-state index in [9.17, 15) is 9.59 Å².